The highest BCUT2D eigenvalue weighted by Crippen LogP contribution is 2.40. The normalized spacial score (nSPS) is 15.1. The van der Waals surface area contributed by atoms with Crippen molar-refractivity contribution in [3.63, 3.8) is 0 Å². The summed E-state index contributed by atoms with van der Waals surface area (Å²) in [4.78, 5) is 16.9. The maximum atomic E-state index is 12.7. The molecule has 1 heterocycles. The van der Waals surface area contributed by atoms with Crippen molar-refractivity contribution in [1.29, 1.82) is 0 Å². The number of piperazine rings is 1. The number of hydrogen-bond donors (Lipinski definition) is 1. The summed E-state index contributed by atoms with van der Waals surface area (Å²) < 4.78 is 54.0. The second-order valence-corrected chi connectivity index (χ2v) is 8.02. The van der Waals surface area contributed by atoms with Gasteiger partial charge in [-0.3, -0.25) is 9.69 Å². The smallest absolute Gasteiger partial charge is 0.416 e. The number of hydrogen-bond acceptors (Lipinski definition) is 6. The Morgan fingerprint density at radius 2 is 1.47 bits per heavy atom. The Hall–Kier alpha value is -2.98. The van der Waals surface area contributed by atoms with E-state index in [2.05, 4.69) is 15.1 Å². The van der Waals surface area contributed by atoms with Gasteiger partial charge in [0.15, 0.2) is 11.5 Å². The van der Waals surface area contributed by atoms with Gasteiger partial charge in [0, 0.05) is 63.5 Å². The van der Waals surface area contributed by atoms with Gasteiger partial charge in [-0.1, -0.05) is 12.1 Å². The SMILES string of the molecule is COc1cc(NC(=O)CCN2CCN(Cc3ccc(C(F)(F)F)cc3)CC2)cc(OC)c1OC. The number of nitrogens with one attached hydrogen (secondary N) is 1. The minimum atomic E-state index is -4.32. The van der Waals surface area contributed by atoms with E-state index in [4.69, 9.17) is 14.2 Å². The number of benzene rings is 2. The van der Waals surface area contributed by atoms with Crippen LogP contribution in [-0.2, 0) is 17.5 Å². The predicted octanol–water partition coefficient (Wildman–Crippen LogP) is 3.88. The second kappa shape index (κ2) is 11.4. The van der Waals surface area contributed by atoms with E-state index in [1.807, 2.05) is 0 Å². The fourth-order valence-electron chi connectivity index (χ4n) is 3.86. The zero-order chi connectivity index (χ0) is 24.7. The summed E-state index contributed by atoms with van der Waals surface area (Å²) in [6, 6.07) is 8.67. The zero-order valence-electron chi connectivity index (χ0n) is 19.6. The number of rotatable bonds is 9. The number of alkyl halides is 3. The van der Waals surface area contributed by atoms with Crippen molar-refractivity contribution < 1.29 is 32.2 Å². The van der Waals surface area contributed by atoms with Gasteiger partial charge in [-0.05, 0) is 17.7 Å². The number of amides is 1. The maximum absolute atomic E-state index is 12.7. The van der Waals surface area contributed by atoms with Crippen LogP contribution < -0.4 is 19.5 Å². The van der Waals surface area contributed by atoms with Crippen LogP contribution in [0.4, 0.5) is 18.9 Å². The van der Waals surface area contributed by atoms with Gasteiger partial charge in [0.1, 0.15) is 0 Å². The van der Waals surface area contributed by atoms with Crippen LogP contribution in [-0.4, -0.2) is 69.8 Å². The molecule has 2 aromatic carbocycles. The first-order chi connectivity index (χ1) is 16.2. The highest BCUT2D eigenvalue weighted by atomic mass is 19.4. The number of ether oxygens (including phenoxy) is 3. The first-order valence-electron chi connectivity index (χ1n) is 10.9. The molecule has 1 saturated heterocycles. The van der Waals surface area contributed by atoms with Crippen molar-refractivity contribution in [1.82, 2.24) is 9.80 Å². The molecule has 1 N–H and O–H groups in total. The van der Waals surface area contributed by atoms with Crippen LogP contribution in [0.2, 0.25) is 0 Å². The van der Waals surface area contributed by atoms with Gasteiger partial charge >= 0.3 is 6.18 Å². The molecule has 1 fully saturated rings. The predicted molar refractivity (Wildman–Crippen MR) is 123 cm³/mol. The standard InChI is InChI=1S/C24H30F3N3O4/c1-32-20-14-19(15-21(33-2)23(20)34-3)28-22(31)8-9-29-10-12-30(13-11-29)16-17-4-6-18(7-5-17)24(25,26)27/h4-7,14-15H,8-13,16H2,1-3H3,(H,28,31). The second-order valence-electron chi connectivity index (χ2n) is 8.02. The van der Waals surface area contributed by atoms with Crippen molar-refractivity contribution in [2.75, 3.05) is 59.4 Å². The summed E-state index contributed by atoms with van der Waals surface area (Å²) in [5.74, 6) is 1.25. The molecule has 2 aromatic rings. The molecule has 0 aliphatic carbocycles. The fourth-order valence-corrected chi connectivity index (χ4v) is 3.86. The lowest BCUT2D eigenvalue weighted by Gasteiger charge is -2.34. The first kappa shape index (κ1) is 25.6. The molecule has 10 heteroatoms. The molecule has 7 nitrogen and oxygen atoms in total. The fraction of sp³-hybridized carbons (Fsp3) is 0.458. The summed E-state index contributed by atoms with van der Waals surface area (Å²) >= 11 is 0. The minimum Gasteiger partial charge on any atom is -0.493 e. The van der Waals surface area contributed by atoms with Crippen LogP contribution in [0, 0.1) is 0 Å². The van der Waals surface area contributed by atoms with Crippen LogP contribution >= 0.6 is 0 Å². The van der Waals surface area contributed by atoms with Gasteiger partial charge in [0.2, 0.25) is 11.7 Å². The Morgan fingerprint density at radius 3 is 1.97 bits per heavy atom. The quantitative estimate of drug-likeness (QED) is 0.587. The molecule has 0 aromatic heterocycles. The van der Waals surface area contributed by atoms with Crippen molar-refractivity contribution in [3.8, 4) is 17.2 Å². The van der Waals surface area contributed by atoms with Gasteiger partial charge in [0.25, 0.3) is 0 Å². The van der Waals surface area contributed by atoms with Crippen LogP contribution in [0.15, 0.2) is 36.4 Å². The Labute approximate surface area is 197 Å². The summed E-state index contributed by atoms with van der Waals surface area (Å²) in [6.07, 6.45) is -3.99. The Kier molecular flexibility index (Phi) is 8.62. The third kappa shape index (κ3) is 6.77. The summed E-state index contributed by atoms with van der Waals surface area (Å²) in [6.45, 7) is 4.37. The van der Waals surface area contributed by atoms with E-state index < -0.39 is 11.7 Å². The maximum Gasteiger partial charge on any atom is 0.416 e. The topological polar surface area (TPSA) is 63.3 Å². The molecule has 1 aliphatic rings. The van der Waals surface area contributed by atoms with Crippen molar-refractivity contribution in [2.24, 2.45) is 0 Å². The zero-order valence-corrected chi connectivity index (χ0v) is 19.6. The van der Waals surface area contributed by atoms with Gasteiger partial charge in [-0.25, -0.2) is 0 Å². The van der Waals surface area contributed by atoms with E-state index in [1.165, 1.54) is 33.5 Å². The molecule has 186 valence electrons. The Bertz CT molecular complexity index is 934. The molecular formula is C24H30F3N3O4. The Balaban J connectivity index is 1.44. The molecular weight excluding hydrogens is 451 g/mol. The van der Waals surface area contributed by atoms with Gasteiger partial charge in [-0.2, -0.15) is 13.2 Å². The first-order valence-corrected chi connectivity index (χ1v) is 10.9. The molecule has 1 amide bonds. The average molecular weight is 482 g/mol. The number of carbonyl (C=O) groups is 1. The molecule has 34 heavy (non-hydrogen) atoms. The largest absolute Gasteiger partial charge is 0.493 e. The Morgan fingerprint density at radius 1 is 0.912 bits per heavy atom. The van der Waals surface area contributed by atoms with E-state index in [-0.39, 0.29) is 5.91 Å². The summed E-state index contributed by atoms with van der Waals surface area (Å²) in [7, 11) is 4.54. The summed E-state index contributed by atoms with van der Waals surface area (Å²) in [5, 5.41) is 2.87. The molecule has 3 rings (SSSR count). The molecule has 1 aliphatic heterocycles. The van der Waals surface area contributed by atoms with Crippen LogP contribution in [0.25, 0.3) is 0 Å². The third-order valence-corrected chi connectivity index (χ3v) is 5.76. The highest BCUT2D eigenvalue weighted by Gasteiger charge is 2.30. The molecule has 0 bridgehead atoms. The van der Waals surface area contributed by atoms with Crippen molar-refractivity contribution >= 4 is 11.6 Å². The number of carbonyl (C=O) groups excluding carboxylic acids is 1. The number of anilines is 1. The van der Waals surface area contributed by atoms with Crippen molar-refractivity contribution in [2.45, 2.75) is 19.1 Å². The minimum absolute atomic E-state index is 0.124. The van der Waals surface area contributed by atoms with Gasteiger partial charge in [-0.15, -0.1) is 0 Å². The van der Waals surface area contributed by atoms with Gasteiger partial charge in [0.05, 0.1) is 26.9 Å². The monoisotopic (exact) mass is 481 g/mol. The molecule has 0 radical (unpaired) electrons. The van der Waals surface area contributed by atoms with E-state index in [0.29, 0.717) is 42.4 Å². The highest BCUT2D eigenvalue weighted by molar-refractivity contribution is 5.91. The third-order valence-electron chi connectivity index (χ3n) is 5.76. The number of nitrogens with zero attached hydrogens (tertiary/aromatic N) is 2. The lowest BCUT2D eigenvalue weighted by molar-refractivity contribution is -0.137. The van der Waals surface area contributed by atoms with E-state index in [1.54, 1.807) is 12.1 Å². The van der Waals surface area contributed by atoms with Gasteiger partial charge < -0.3 is 24.4 Å². The lowest BCUT2D eigenvalue weighted by atomic mass is 10.1. The van der Waals surface area contributed by atoms with E-state index in [0.717, 1.165) is 43.9 Å². The van der Waals surface area contributed by atoms with E-state index >= 15 is 0 Å². The molecule has 0 atom stereocenters. The number of methoxy groups -OCH3 is 3. The molecule has 0 spiro atoms. The molecule has 0 unspecified atom stereocenters. The molecule has 0 saturated carbocycles. The number of halogens is 3. The lowest BCUT2D eigenvalue weighted by Crippen LogP contribution is -2.46. The van der Waals surface area contributed by atoms with Crippen LogP contribution in [0.1, 0.15) is 17.5 Å². The van der Waals surface area contributed by atoms with Crippen molar-refractivity contribution in [3.05, 3.63) is 47.5 Å². The van der Waals surface area contributed by atoms with Crippen LogP contribution in [0.3, 0.4) is 0 Å². The average Bonchev–Trinajstić information content (AvgIpc) is 2.82. The van der Waals surface area contributed by atoms with Crippen LogP contribution in [0.5, 0.6) is 17.2 Å². The summed E-state index contributed by atoms with van der Waals surface area (Å²) in [5.41, 5.74) is 0.776. The van der Waals surface area contributed by atoms with E-state index in [9.17, 15) is 18.0 Å².